The molecule has 7 heteroatoms. The molecule has 0 aliphatic heterocycles. The summed E-state index contributed by atoms with van der Waals surface area (Å²) in [4.78, 5) is 11.4. The van der Waals surface area contributed by atoms with Crippen LogP contribution in [0, 0.1) is 5.82 Å². The average Bonchev–Trinajstić information content (AvgIpc) is 2.36. The predicted molar refractivity (Wildman–Crippen MR) is 69.8 cm³/mol. The van der Waals surface area contributed by atoms with Gasteiger partial charge in [0.15, 0.2) is 0 Å². The molecular weight excluding hydrogens is 288 g/mol. The minimum absolute atomic E-state index is 0.00848. The van der Waals surface area contributed by atoms with E-state index in [1.54, 1.807) is 0 Å². The molecule has 0 unspecified atom stereocenters. The molecule has 0 aliphatic rings. The van der Waals surface area contributed by atoms with E-state index in [1.165, 1.54) is 18.2 Å². The molecule has 4 N–H and O–H groups in total. The summed E-state index contributed by atoms with van der Waals surface area (Å²) in [5.41, 5.74) is 9.93. The lowest BCUT2D eigenvalue weighted by atomic mass is 9.97. The second-order valence-corrected chi connectivity index (χ2v) is 4.36. The van der Waals surface area contributed by atoms with E-state index in [-0.39, 0.29) is 22.4 Å². The third-order valence-corrected chi connectivity index (χ3v) is 2.89. The van der Waals surface area contributed by atoms with Crippen LogP contribution in [0.5, 0.6) is 0 Å². The minimum Gasteiger partial charge on any atom is -0.399 e. The summed E-state index contributed by atoms with van der Waals surface area (Å²) in [6, 6.07) is 6.53. The van der Waals surface area contributed by atoms with Crippen LogP contribution in [0.25, 0.3) is 11.1 Å². The first-order valence-electron chi connectivity index (χ1n) is 5.76. The van der Waals surface area contributed by atoms with E-state index in [0.717, 1.165) is 6.07 Å². The molecule has 0 heterocycles. The van der Waals surface area contributed by atoms with E-state index in [0.29, 0.717) is 12.1 Å². The number of hydrogen-bond acceptors (Lipinski definition) is 2. The Balaban J connectivity index is 2.59. The summed E-state index contributed by atoms with van der Waals surface area (Å²) in [5.74, 6) is -2.23. The van der Waals surface area contributed by atoms with Crippen LogP contribution in [-0.4, -0.2) is 5.91 Å². The van der Waals surface area contributed by atoms with Crippen LogP contribution in [0.15, 0.2) is 36.4 Å². The molecule has 0 saturated heterocycles. The quantitative estimate of drug-likeness (QED) is 0.660. The number of carbonyl (C=O) groups excluding carboxylic acids is 1. The Hall–Kier alpha value is -2.57. The number of anilines is 1. The number of hydrogen-bond donors (Lipinski definition) is 2. The highest BCUT2D eigenvalue weighted by molar-refractivity contribution is 6.00. The zero-order chi connectivity index (χ0) is 15.8. The molecule has 110 valence electrons. The number of halogens is 4. The van der Waals surface area contributed by atoms with E-state index in [9.17, 15) is 22.4 Å². The third-order valence-electron chi connectivity index (χ3n) is 2.89. The van der Waals surface area contributed by atoms with E-state index in [4.69, 9.17) is 11.5 Å². The molecule has 0 bridgehead atoms. The number of carbonyl (C=O) groups is 1. The molecule has 0 spiro atoms. The zero-order valence-corrected chi connectivity index (χ0v) is 10.5. The van der Waals surface area contributed by atoms with Crippen molar-refractivity contribution in [1.29, 1.82) is 0 Å². The maximum Gasteiger partial charge on any atom is 0.419 e. The highest BCUT2D eigenvalue weighted by Crippen LogP contribution is 2.34. The molecule has 0 saturated carbocycles. The lowest BCUT2D eigenvalue weighted by Crippen LogP contribution is -2.13. The second-order valence-electron chi connectivity index (χ2n) is 4.36. The van der Waals surface area contributed by atoms with Gasteiger partial charge in [-0.15, -0.1) is 0 Å². The summed E-state index contributed by atoms with van der Waals surface area (Å²) < 4.78 is 51.1. The van der Waals surface area contributed by atoms with Gasteiger partial charge in [0.05, 0.1) is 5.56 Å². The number of alkyl halides is 3. The average molecular weight is 298 g/mol. The normalized spacial score (nSPS) is 11.4. The van der Waals surface area contributed by atoms with Crippen LogP contribution in [0.2, 0.25) is 0 Å². The molecule has 0 radical (unpaired) electrons. The largest absolute Gasteiger partial charge is 0.419 e. The van der Waals surface area contributed by atoms with E-state index in [1.807, 2.05) is 0 Å². The van der Waals surface area contributed by atoms with Crippen molar-refractivity contribution in [2.24, 2.45) is 5.73 Å². The number of primary amides is 1. The van der Waals surface area contributed by atoms with Gasteiger partial charge in [-0.05, 0) is 35.4 Å². The summed E-state index contributed by atoms with van der Waals surface area (Å²) in [6.07, 6.45) is -4.78. The first kappa shape index (κ1) is 14.8. The molecule has 1 amide bonds. The van der Waals surface area contributed by atoms with Crippen LogP contribution in [0.1, 0.15) is 15.9 Å². The third kappa shape index (κ3) is 2.96. The topological polar surface area (TPSA) is 69.1 Å². The van der Waals surface area contributed by atoms with E-state index < -0.39 is 23.5 Å². The Morgan fingerprint density at radius 3 is 2.24 bits per heavy atom. The van der Waals surface area contributed by atoms with Crippen molar-refractivity contribution in [3.8, 4) is 11.1 Å². The van der Waals surface area contributed by atoms with Crippen LogP contribution in [-0.2, 0) is 6.18 Å². The number of rotatable bonds is 2. The lowest BCUT2D eigenvalue weighted by molar-refractivity contribution is -0.139. The molecule has 2 aromatic carbocycles. The molecule has 2 aromatic rings. The summed E-state index contributed by atoms with van der Waals surface area (Å²) in [5, 5.41) is 0. The SMILES string of the molecule is NC(=O)c1cc(N)ccc1-c1ccc(C(F)(F)F)c(F)c1. The fourth-order valence-electron chi connectivity index (χ4n) is 1.93. The fourth-order valence-corrected chi connectivity index (χ4v) is 1.93. The minimum atomic E-state index is -4.78. The Morgan fingerprint density at radius 2 is 1.71 bits per heavy atom. The van der Waals surface area contributed by atoms with Crippen molar-refractivity contribution in [2.45, 2.75) is 6.18 Å². The first-order chi connectivity index (χ1) is 9.70. The number of benzene rings is 2. The Bertz CT molecular complexity index is 711. The summed E-state index contributed by atoms with van der Waals surface area (Å²) in [7, 11) is 0. The van der Waals surface area contributed by atoms with Gasteiger partial charge in [-0.2, -0.15) is 13.2 Å². The van der Waals surface area contributed by atoms with Gasteiger partial charge in [0.1, 0.15) is 5.82 Å². The zero-order valence-electron chi connectivity index (χ0n) is 10.5. The van der Waals surface area contributed by atoms with Crippen molar-refractivity contribution >= 4 is 11.6 Å². The molecule has 0 atom stereocenters. The molecule has 0 fully saturated rings. The molecule has 0 aliphatic carbocycles. The molecule has 0 aromatic heterocycles. The van der Waals surface area contributed by atoms with Crippen LogP contribution in [0.4, 0.5) is 23.2 Å². The van der Waals surface area contributed by atoms with E-state index in [2.05, 4.69) is 0 Å². The maximum absolute atomic E-state index is 13.6. The standard InChI is InChI=1S/C14H10F4N2O/c15-12-5-7(1-4-11(12)14(16,17)18)9-3-2-8(19)6-10(9)13(20)21/h1-6H,19H2,(H2,20,21). The summed E-state index contributed by atoms with van der Waals surface area (Å²) >= 11 is 0. The van der Waals surface area contributed by atoms with Crippen molar-refractivity contribution in [3.63, 3.8) is 0 Å². The highest BCUT2D eigenvalue weighted by Gasteiger charge is 2.34. The van der Waals surface area contributed by atoms with Gasteiger partial charge in [-0.25, -0.2) is 4.39 Å². The molecule has 21 heavy (non-hydrogen) atoms. The van der Waals surface area contributed by atoms with Crippen LogP contribution in [0.3, 0.4) is 0 Å². The van der Waals surface area contributed by atoms with Crippen LogP contribution < -0.4 is 11.5 Å². The van der Waals surface area contributed by atoms with Gasteiger partial charge in [0.25, 0.3) is 0 Å². The lowest BCUT2D eigenvalue weighted by Gasteiger charge is -2.11. The van der Waals surface area contributed by atoms with Gasteiger partial charge in [0, 0.05) is 11.3 Å². The molecule has 2 rings (SSSR count). The monoisotopic (exact) mass is 298 g/mol. The Kier molecular flexibility index (Phi) is 3.59. The van der Waals surface area contributed by atoms with E-state index >= 15 is 0 Å². The van der Waals surface area contributed by atoms with Gasteiger partial charge >= 0.3 is 6.18 Å². The number of nitrogen functional groups attached to an aromatic ring is 1. The fraction of sp³-hybridized carbons (Fsp3) is 0.0714. The number of nitrogens with two attached hydrogens (primary N) is 2. The smallest absolute Gasteiger partial charge is 0.399 e. The van der Waals surface area contributed by atoms with Crippen molar-refractivity contribution in [3.05, 3.63) is 53.3 Å². The van der Waals surface area contributed by atoms with Crippen molar-refractivity contribution < 1.29 is 22.4 Å². The van der Waals surface area contributed by atoms with Crippen LogP contribution >= 0.6 is 0 Å². The first-order valence-corrected chi connectivity index (χ1v) is 5.76. The van der Waals surface area contributed by atoms with Gasteiger partial charge in [-0.3, -0.25) is 4.79 Å². The Morgan fingerprint density at radius 1 is 1.05 bits per heavy atom. The van der Waals surface area contributed by atoms with Crippen molar-refractivity contribution in [2.75, 3.05) is 5.73 Å². The summed E-state index contributed by atoms with van der Waals surface area (Å²) in [6.45, 7) is 0. The highest BCUT2D eigenvalue weighted by atomic mass is 19.4. The predicted octanol–water partition coefficient (Wildman–Crippen LogP) is 3.19. The Labute approximate surface area is 117 Å². The molecule has 3 nitrogen and oxygen atoms in total. The van der Waals surface area contributed by atoms with Gasteiger partial charge in [0.2, 0.25) is 5.91 Å². The van der Waals surface area contributed by atoms with Gasteiger partial charge in [-0.1, -0.05) is 12.1 Å². The number of amides is 1. The van der Waals surface area contributed by atoms with Gasteiger partial charge < -0.3 is 11.5 Å². The molecular formula is C14H10F4N2O. The van der Waals surface area contributed by atoms with Crippen molar-refractivity contribution in [1.82, 2.24) is 0 Å². The maximum atomic E-state index is 13.6. The second kappa shape index (κ2) is 5.08.